The molecule has 3 amide bonds. The van der Waals surface area contributed by atoms with Crippen molar-refractivity contribution in [3.8, 4) is 0 Å². The highest BCUT2D eigenvalue weighted by Crippen LogP contribution is 2.11. The fourth-order valence-corrected chi connectivity index (χ4v) is 2.46. The Morgan fingerprint density at radius 2 is 2.24 bits per heavy atom. The zero-order chi connectivity index (χ0) is 15.4. The van der Waals surface area contributed by atoms with Crippen molar-refractivity contribution in [3.05, 3.63) is 11.8 Å². The van der Waals surface area contributed by atoms with E-state index in [0.717, 1.165) is 18.7 Å². The summed E-state index contributed by atoms with van der Waals surface area (Å²) in [7, 11) is 3.38. The van der Waals surface area contributed by atoms with E-state index in [4.69, 9.17) is 0 Å². The molecule has 3 N–H and O–H groups in total. The average Bonchev–Trinajstić information content (AvgIpc) is 2.96. The van der Waals surface area contributed by atoms with Crippen LogP contribution in [0.1, 0.15) is 12.1 Å². The minimum Gasteiger partial charge on any atom is -0.341 e. The molecule has 0 bridgehead atoms. The molecule has 116 valence electrons. The van der Waals surface area contributed by atoms with E-state index in [9.17, 15) is 9.59 Å². The minimum atomic E-state index is -0.184. The van der Waals surface area contributed by atoms with Gasteiger partial charge in [-0.2, -0.15) is 5.10 Å². The molecule has 1 aliphatic rings. The van der Waals surface area contributed by atoms with Gasteiger partial charge in [0, 0.05) is 39.3 Å². The summed E-state index contributed by atoms with van der Waals surface area (Å²) < 4.78 is 1.65. The second-order valence-corrected chi connectivity index (χ2v) is 5.29. The molecular formula is C13H22N6O2. The Labute approximate surface area is 123 Å². The monoisotopic (exact) mass is 294 g/mol. The molecule has 21 heavy (non-hydrogen) atoms. The number of urea groups is 1. The van der Waals surface area contributed by atoms with Gasteiger partial charge in [-0.3, -0.25) is 14.4 Å². The quantitative estimate of drug-likeness (QED) is 0.709. The molecule has 1 aliphatic heterocycles. The number of hydrogen-bond acceptors (Lipinski definition) is 4. The number of nitrogens with zero attached hydrogens (tertiary/aromatic N) is 3. The van der Waals surface area contributed by atoms with Gasteiger partial charge in [0.05, 0.1) is 12.2 Å². The Bertz CT molecular complexity index is 527. The lowest BCUT2D eigenvalue weighted by Gasteiger charge is -2.16. The third kappa shape index (κ3) is 4.19. The minimum absolute atomic E-state index is 0.0707. The van der Waals surface area contributed by atoms with Crippen LogP contribution in [0.5, 0.6) is 0 Å². The van der Waals surface area contributed by atoms with E-state index >= 15 is 0 Å². The van der Waals surface area contributed by atoms with Crippen molar-refractivity contribution >= 4 is 17.8 Å². The van der Waals surface area contributed by atoms with Crippen LogP contribution < -0.4 is 16.0 Å². The van der Waals surface area contributed by atoms with Gasteiger partial charge in [0.25, 0.3) is 0 Å². The Morgan fingerprint density at radius 3 is 2.86 bits per heavy atom. The highest BCUT2D eigenvalue weighted by molar-refractivity contribution is 5.91. The number of aryl methyl sites for hydroxylation is 2. The largest absolute Gasteiger partial charge is 0.341 e. The van der Waals surface area contributed by atoms with Crippen LogP contribution in [0.25, 0.3) is 0 Å². The second kappa shape index (κ2) is 6.57. The molecule has 8 nitrogen and oxygen atoms in total. The molecule has 2 rings (SSSR count). The number of amides is 3. The maximum absolute atomic E-state index is 12.0. The first-order valence-electron chi connectivity index (χ1n) is 6.99. The molecule has 1 atom stereocenters. The molecule has 1 fully saturated rings. The van der Waals surface area contributed by atoms with Gasteiger partial charge in [0.15, 0.2) is 0 Å². The number of likely N-dealkylation sites (tertiary alicyclic amines) is 1. The predicted octanol–water partition coefficient (Wildman–Crippen LogP) is -0.330. The molecule has 1 aromatic rings. The summed E-state index contributed by atoms with van der Waals surface area (Å²) in [6, 6.07) is 1.74. The van der Waals surface area contributed by atoms with Gasteiger partial charge in [0.1, 0.15) is 5.82 Å². The summed E-state index contributed by atoms with van der Waals surface area (Å²) >= 11 is 0. The standard InChI is InChI=1S/C13H22N6O2/c1-9-6-11(18(3)17-9)16-12(20)8-19-5-4-10(7-19)15-13(21)14-2/h6,10H,4-5,7-8H2,1-3H3,(H,16,20)(H2,14,15,21)/t10-/m0/s1. The molecule has 0 saturated carbocycles. The highest BCUT2D eigenvalue weighted by atomic mass is 16.2. The van der Waals surface area contributed by atoms with Crippen molar-refractivity contribution in [1.82, 2.24) is 25.3 Å². The molecule has 1 saturated heterocycles. The summed E-state index contributed by atoms with van der Waals surface area (Å²) in [5.74, 6) is 0.621. The summed E-state index contributed by atoms with van der Waals surface area (Å²) in [5.41, 5.74) is 0.865. The van der Waals surface area contributed by atoms with Crippen molar-refractivity contribution in [2.45, 2.75) is 19.4 Å². The van der Waals surface area contributed by atoms with Crippen molar-refractivity contribution in [2.75, 3.05) is 32.0 Å². The molecular weight excluding hydrogens is 272 g/mol. The van der Waals surface area contributed by atoms with Gasteiger partial charge in [-0.05, 0) is 13.3 Å². The smallest absolute Gasteiger partial charge is 0.314 e. The van der Waals surface area contributed by atoms with Crippen LogP contribution in [-0.2, 0) is 11.8 Å². The van der Waals surface area contributed by atoms with Crippen LogP contribution >= 0.6 is 0 Å². The lowest BCUT2D eigenvalue weighted by atomic mass is 10.3. The number of anilines is 1. The highest BCUT2D eigenvalue weighted by Gasteiger charge is 2.25. The van der Waals surface area contributed by atoms with E-state index in [1.807, 2.05) is 17.9 Å². The van der Waals surface area contributed by atoms with Crippen molar-refractivity contribution < 1.29 is 9.59 Å². The average molecular weight is 294 g/mol. The van der Waals surface area contributed by atoms with Crippen molar-refractivity contribution in [1.29, 1.82) is 0 Å². The van der Waals surface area contributed by atoms with Gasteiger partial charge in [-0.15, -0.1) is 0 Å². The zero-order valence-electron chi connectivity index (χ0n) is 12.6. The van der Waals surface area contributed by atoms with Crippen LogP contribution in [0.2, 0.25) is 0 Å². The van der Waals surface area contributed by atoms with E-state index in [-0.39, 0.29) is 18.0 Å². The third-order valence-electron chi connectivity index (χ3n) is 3.47. The van der Waals surface area contributed by atoms with E-state index in [2.05, 4.69) is 21.0 Å². The maximum atomic E-state index is 12.0. The van der Waals surface area contributed by atoms with Gasteiger partial charge in [-0.1, -0.05) is 0 Å². The number of carbonyl (C=O) groups is 2. The van der Waals surface area contributed by atoms with E-state index < -0.39 is 0 Å². The van der Waals surface area contributed by atoms with E-state index in [1.54, 1.807) is 18.8 Å². The van der Waals surface area contributed by atoms with Crippen LogP contribution in [0, 0.1) is 6.92 Å². The van der Waals surface area contributed by atoms with Crippen LogP contribution in [-0.4, -0.2) is 59.3 Å². The van der Waals surface area contributed by atoms with Gasteiger partial charge >= 0.3 is 6.03 Å². The zero-order valence-corrected chi connectivity index (χ0v) is 12.6. The summed E-state index contributed by atoms with van der Waals surface area (Å²) in [6.45, 7) is 3.68. The first-order valence-corrected chi connectivity index (χ1v) is 6.99. The van der Waals surface area contributed by atoms with Gasteiger partial charge in [-0.25, -0.2) is 4.79 Å². The molecule has 2 heterocycles. The topological polar surface area (TPSA) is 91.3 Å². The molecule has 0 radical (unpaired) electrons. The Kier molecular flexibility index (Phi) is 4.79. The number of carbonyl (C=O) groups excluding carboxylic acids is 2. The Morgan fingerprint density at radius 1 is 1.48 bits per heavy atom. The number of nitrogens with one attached hydrogen (secondary N) is 3. The Balaban J connectivity index is 1.79. The summed E-state index contributed by atoms with van der Waals surface area (Å²) in [6.07, 6.45) is 0.853. The number of rotatable bonds is 4. The molecule has 0 aromatic carbocycles. The lowest BCUT2D eigenvalue weighted by molar-refractivity contribution is -0.117. The van der Waals surface area contributed by atoms with Crippen LogP contribution in [0.15, 0.2) is 6.07 Å². The van der Waals surface area contributed by atoms with E-state index in [1.165, 1.54) is 0 Å². The van der Waals surface area contributed by atoms with Gasteiger partial charge < -0.3 is 16.0 Å². The fourth-order valence-electron chi connectivity index (χ4n) is 2.46. The third-order valence-corrected chi connectivity index (χ3v) is 3.47. The van der Waals surface area contributed by atoms with Crippen LogP contribution in [0.3, 0.4) is 0 Å². The molecule has 1 aromatic heterocycles. The molecule has 8 heteroatoms. The summed E-state index contributed by atoms with van der Waals surface area (Å²) in [5, 5.41) is 12.4. The normalized spacial score (nSPS) is 18.5. The predicted molar refractivity (Wildman–Crippen MR) is 79.0 cm³/mol. The van der Waals surface area contributed by atoms with Crippen molar-refractivity contribution in [2.24, 2.45) is 7.05 Å². The maximum Gasteiger partial charge on any atom is 0.314 e. The first kappa shape index (κ1) is 15.3. The van der Waals surface area contributed by atoms with Crippen molar-refractivity contribution in [3.63, 3.8) is 0 Å². The van der Waals surface area contributed by atoms with Gasteiger partial charge in [0.2, 0.25) is 5.91 Å². The van der Waals surface area contributed by atoms with E-state index in [0.29, 0.717) is 18.9 Å². The second-order valence-electron chi connectivity index (χ2n) is 5.29. The summed E-state index contributed by atoms with van der Waals surface area (Å²) in [4.78, 5) is 25.3. The molecule has 0 unspecified atom stereocenters. The SMILES string of the molecule is CNC(=O)N[C@H]1CCN(CC(=O)Nc2cc(C)nn2C)C1. The van der Waals surface area contributed by atoms with Crippen LogP contribution in [0.4, 0.5) is 10.6 Å². The number of aromatic nitrogens is 2. The fraction of sp³-hybridized carbons (Fsp3) is 0.615. The lowest BCUT2D eigenvalue weighted by Crippen LogP contribution is -2.42. The number of hydrogen-bond donors (Lipinski definition) is 3. The Hall–Kier alpha value is -2.09. The first-order chi connectivity index (χ1) is 9.97. The molecule has 0 aliphatic carbocycles. The molecule has 0 spiro atoms.